The zero-order chi connectivity index (χ0) is 80.9. The Hall–Kier alpha value is -12.3. The van der Waals surface area contributed by atoms with Crippen LogP contribution in [0, 0.1) is 71.4 Å². The van der Waals surface area contributed by atoms with E-state index in [-0.39, 0.29) is 116 Å². The Kier molecular flexibility index (Phi) is 21.7. The average molecular weight is 1570 g/mol. The highest BCUT2D eigenvalue weighted by Gasteiger charge is 2.54. The number of anilines is 3. The molecule has 3 aliphatic heterocycles. The first kappa shape index (κ1) is 78.8. The van der Waals surface area contributed by atoms with Crippen LogP contribution in [0.3, 0.4) is 0 Å². The number of aromatic nitrogens is 12. The normalized spacial score (nSPS) is 20.6. The summed E-state index contributed by atoms with van der Waals surface area (Å²) >= 11 is 6.12. The lowest BCUT2D eigenvalue weighted by Crippen LogP contribution is -2.42. The van der Waals surface area contributed by atoms with E-state index in [1.54, 1.807) is 79.2 Å². The fourth-order valence-corrected chi connectivity index (χ4v) is 17.1. The zero-order valence-electron chi connectivity index (χ0n) is 62.5. The summed E-state index contributed by atoms with van der Waals surface area (Å²) in [5.74, 6) is 12.4. The summed E-state index contributed by atoms with van der Waals surface area (Å²) in [5.41, 5.74) is 40.5. The molecule has 6 aliphatic rings. The molecule has 3 aromatic carbocycles. The molecule has 0 radical (unpaired) electrons. The summed E-state index contributed by atoms with van der Waals surface area (Å²) < 4.78 is 89.6. The Morgan fingerprint density at radius 3 is 1.34 bits per heavy atom. The van der Waals surface area contributed by atoms with Gasteiger partial charge in [0.05, 0.1) is 60.9 Å². The quantitative estimate of drug-likeness (QED) is 0.0387. The Morgan fingerprint density at radius 2 is 0.938 bits per heavy atom. The van der Waals surface area contributed by atoms with Crippen LogP contribution < -0.4 is 34.4 Å². The summed E-state index contributed by atoms with van der Waals surface area (Å²) in [6.45, 7) is 13.0. The molecule has 3 saturated heterocycles. The Morgan fingerprint density at radius 1 is 0.540 bits per heavy atom. The Labute approximate surface area is 650 Å². The molecule has 113 heavy (non-hydrogen) atoms. The number of halogens is 7. The van der Waals surface area contributed by atoms with E-state index in [4.69, 9.17) is 56.2 Å². The van der Waals surface area contributed by atoms with Gasteiger partial charge in [0.15, 0.2) is 0 Å². The number of primary amides is 3. The second-order valence-corrected chi connectivity index (χ2v) is 30.5. The lowest BCUT2D eigenvalue weighted by molar-refractivity contribution is -0.140. The minimum Gasteiger partial charge on any atom is -0.383 e. The molecule has 27 nitrogen and oxygen atoms in total. The fraction of sp³-hybridized carbons (Fsp3) is 0.392. The number of nitrogens with zero attached hydrogens (tertiary/aromatic N) is 15. The van der Waals surface area contributed by atoms with Gasteiger partial charge in [-0.3, -0.25) is 42.8 Å². The van der Waals surface area contributed by atoms with Gasteiger partial charge in [0.2, 0.25) is 0 Å². The minimum atomic E-state index is -4.83. The maximum atomic E-state index is 14.5. The molecule has 6 fully saturated rings. The molecule has 0 unspecified atom stereocenters. The number of hydrogen-bond donors (Lipinski definition) is 6. The van der Waals surface area contributed by atoms with Crippen molar-refractivity contribution >= 4 is 64.5 Å². The number of alkyl halides is 5. The lowest BCUT2D eigenvalue weighted by atomic mass is 9.65. The molecule has 6 amide bonds. The zero-order valence-corrected chi connectivity index (χ0v) is 63.2. The second-order valence-electron chi connectivity index (χ2n) is 30.0. The molecule has 9 heterocycles. The van der Waals surface area contributed by atoms with E-state index < -0.39 is 41.7 Å². The van der Waals surface area contributed by atoms with Crippen molar-refractivity contribution < 1.29 is 55.1 Å². The first-order valence-corrected chi connectivity index (χ1v) is 36.9. The largest absolute Gasteiger partial charge is 0.419 e. The molecule has 3 saturated carbocycles. The van der Waals surface area contributed by atoms with Crippen molar-refractivity contribution in [2.45, 2.75) is 143 Å². The highest BCUT2D eigenvalue weighted by molar-refractivity contribution is 6.30. The van der Waals surface area contributed by atoms with Crippen LogP contribution in [0.2, 0.25) is 5.02 Å². The summed E-state index contributed by atoms with van der Waals surface area (Å²) in [6, 6.07) is 16.7. The number of aryl methyl sites for hydroxylation is 2. The maximum absolute atomic E-state index is 14.5. The van der Waals surface area contributed by atoms with Crippen molar-refractivity contribution in [3.8, 4) is 69.3 Å². The van der Waals surface area contributed by atoms with Crippen molar-refractivity contribution in [2.75, 3.05) is 56.5 Å². The Balaban J connectivity index is 0.000000148. The fourth-order valence-electron chi connectivity index (χ4n) is 16.9. The average Bonchev–Trinajstić information content (AvgIpc) is 1.60. The van der Waals surface area contributed by atoms with Crippen molar-refractivity contribution in [3.05, 3.63) is 158 Å². The maximum Gasteiger partial charge on any atom is 0.419 e. The number of carbonyl (C=O) groups excluding carboxylic acids is 6. The molecule has 0 atom stereocenters. The van der Waals surface area contributed by atoms with Gasteiger partial charge < -0.3 is 49.1 Å². The van der Waals surface area contributed by atoms with Gasteiger partial charge in [0, 0.05) is 90.7 Å². The van der Waals surface area contributed by atoms with Gasteiger partial charge >= 0.3 is 6.18 Å². The molecule has 3 spiro atoms. The molecular weight excluding hydrogens is 1490 g/mol. The topological polar surface area (TPSA) is 375 Å². The number of likely N-dealkylation sites (tertiary alicyclic amines) is 3. The Bertz CT molecular complexity index is 5480. The van der Waals surface area contributed by atoms with Crippen LogP contribution in [0.25, 0.3) is 33.8 Å². The number of nitrogens with two attached hydrogens (primary N) is 6. The molecule has 0 bridgehead atoms. The molecule has 6 aromatic heterocycles. The molecule has 34 heteroatoms. The molecule has 12 N–H and O–H groups in total. The van der Waals surface area contributed by atoms with Gasteiger partial charge in [0.25, 0.3) is 41.9 Å². The molecule has 9 aromatic rings. The van der Waals surface area contributed by atoms with E-state index in [9.17, 15) is 55.1 Å². The van der Waals surface area contributed by atoms with Gasteiger partial charge in [-0.25, -0.2) is 27.2 Å². The van der Waals surface area contributed by atoms with Crippen LogP contribution in [0.15, 0.2) is 91.5 Å². The highest BCUT2D eigenvalue weighted by atomic mass is 35.5. The van der Waals surface area contributed by atoms with Crippen molar-refractivity contribution in [2.24, 2.45) is 33.4 Å². The minimum absolute atomic E-state index is 0.00203. The first-order chi connectivity index (χ1) is 53.7. The molecule has 3 aliphatic carbocycles. The number of benzene rings is 3. The van der Waals surface area contributed by atoms with Crippen molar-refractivity contribution in [1.29, 1.82) is 0 Å². The summed E-state index contributed by atoms with van der Waals surface area (Å²) in [7, 11) is 0. The summed E-state index contributed by atoms with van der Waals surface area (Å²) in [4.78, 5) is 79.0. The predicted octanol–water partition coefficient (Wildman–Crippen LogP) is 9.52. The van der Waals surface area contributed by atoms with Crippen molar-refractivity contribution in [3.63, 3.8) is 0 Å². The van der Waals surface area contributed by atoms with Crippen LogP contribution >= 0.6 is 11.6 Å². The number of carbonyl (C=O) groups is 6. The molecule has 588 valence electrons. The van der Waals surface area contributed by atoms with E-state index in [0.717, 1.165) is 62.3 Å². The van der Waals surface area contributed by atoms with E-state index in [0.29, 0.717) is 109 Å². The lowest BCUT2D eigenvalue weighted by Gasteiger charge is -2.45. The van der Waals surface area contributed by atoms with Crippen molar-refractivity contribution in [1.82, 2.24) is 73.4 Å². The number of rotatable bonds is 16. The van der Waals surface area contributed by atoms with E-state index in [1.165, 1.54) is 35.3 Å². The third-order valence-electron chi connectivity index (χ3n) is 22.3. The third-order valence-corrected chi connectivity index (χ3v) is 22.5. The third kappa shape index (κ3) is 15.9. The summed E-state index contributed by atoms with van der Waals surface area (Å²) in [5, 5.41) is 27.9. The summed E-state index contributed by atoms with van der Waals surface area (Å²) in [6.07, 6.45) is 6.24. The first-order valence-electron chi connectivity index (χ1n) is 36.5. The van der Waals surface area contributed by atoms with Crippen LogP contribution in [0.1, 0.15) is 173 Å². The standard InChI is InChI=1S/C27H29F2N7O2.C26H28ClN7O2.C26H25F4N7O2/c1-3-5-21(37)34-9-8-27(15-34)11-19(12-27)36-25(30)22(26(31)38)23(33-36)20-14-35(32-16(20)2)13-17-6-4-7-18(10-17)24(28)29;1-3-5-21(35)32-9-8-26(15-32)11-19(12-26)34-24(28)22(25(29)36)23(31-34)20-14-33(30-16(20)2)13-17-6-4-7-18(27)10-17;1-2-4-19(38)35-8-7-25(14-35)9-17(10-25)37-23(31)20(24(32)39)22(34-37)16-11-33-36(13-16)12-15-5-3-6-18(21(15)27)26(28,29)30/h4,6-7,10,14,19,24H,8-9,11-13,15,30H2,1-2H3,(H2,31,38);4,6-7,10,14,19H,8-9,11-13,15,28H2,1-2H3,(H2,29,36);3,5-6,11,13,17H,7-10,12,14,31H2,1H3,(H2,32,39). The van der Waals surface area contributed by atoms with Crippen LogP contribution in [-0.4, -0.2) is 148 Å². The van der Waals surface area contributed by atoms with Crippen LogP contribution in [0.5, 0.6) is 0 Å². The number of nitrogen functional groups attached to an aromatic ring is 3. The van der Waals surface area contributed by atoms with Crippen LogP contribution in [0.4, 0.5) is 43.8 Å². The molecular formula is C79H82ClF6N21O6. The van der Waals surface area contributed by atoms with Gasteiger partial charge in [0.1, 0.15) is 57.0 Å². The number of amides is 6. The van der Waals surface area contributed by atoms with E-state index in [1.807, 2.05) is 42.3 Å². The monoisotopic (exact) mass is 1570 g/mol. The van der Waals surface area contributed by atoms with Crippen LogP contribution in [-0.2, 0) is 40.2 Å². The van der Waals surface area contributed by atoms with Gasteiger partial charge in [-0.1, -0.05) is 71.8 Å². The van der Waals surface area contributed by atoms with E-state index in [2.05, 4.69) is 55.9 Å². The highest BCUT2D eigenvalue weighted by Crippen LogP contribution is 2.58. The smallest absolute Gasteiger partial charge is 0.383 e. The predicted molar refractivity (Wildman–Crippen MR) is 406 cm³/mol. The number of hydrogen-bond acceptors (Lipinski definition) is 15. The van der Waals surface area contributed by atoms with Gasteiger partial charge in [-0.05, 0) is 162 Å². The second kappa shape index (κ2) is 31.1. The van der Waals surface area contributed by atoms with Gasteiger partial charge in [-0.15, -0.1) is 0 Å². The molecule has 15 rings (SSSR count). The van der Waals surface area contributed by atoms with Gasteiger partial charge in [-0.2, -0.15) is 43.8 Å². The van der Waals surface area contributed by atoms with E-state index >= 15 is 0 Å². The SMILES string of the molecule is CC#CC(=O)N1CCC2(CC(n3nc(-c4cn(Cc5cccc(C(F)F)c5)nc4C)c(C(N)=O)c3N)C2)C1.CC#CC(=O)N1CCC2(CC(n3nc(-c4cn(Cc5cccc(Cl)c5)nc4C)c(C(N)=O)c3N)C2)C1.CC#CC(=O)N1CCC2(CC(n3nc(-c4cnn(Cc5cccc(C(F)(F)F)c5F)c4)c(C(N)=O)c3N)C2)C1.